The van der Waals surface area contributed by atoms with Gasteiger partial charge in [0, 0.05) is 41.7 Å². The average Bonchev–Trinajstić information content (AvgIpc) is 3.10. The number of rotatable bonds is 7. The van der Waals surface area contributed by atoms with Gasteiger partial charge in [0.1, 0.15) is 11.9 Å². The number of nitrogens with zero attached hydrogens (tertiary/aromatic N) is 1. The summed E-state index contributed by atoms with van der Waals surface area (Å²) in [5.41, 5.74) is 2.30. The van der Waals surface area contributed by atoms with Gasteiger partial charge in [0.15, 0.2) is 0 Å². The number of carbonyl (C=O) groups is 2. The lowest BCUT2D eigenvalue weighted by Crippen LogP contribution is -2.42. The van der Waals surface area contributed by atoms with E-state index >= 15 is 0 Å². The Balaban J connectivity index is 1.80. The number of ether oxygens (including phenoxy) is 1. The molecule has 0 saturated heterocycles. The van der Waals surface area contributed by atoms with Crippen LogP contribution in [0.1, 0.15) is 18.1 Å². The van der Waals surface area contributed by atoms with Crippen LogP contribution in [0.25, 0.3) is 17.0 Å². The zero-order valence-corrected chi connectivity index (χ0v) is 16.4. The van der Waals surface area contributed by atoms with Gasteiger partial charge in [0.25, 0.3) is 0 Å². The molecule has 0 aliphatic carbocycles. The Morgan fingerprint density at radius 3 is 2.62 bits per heavy atom. The van der Waals surface area contributed by atoms with Gasteiger partial charge in [0.05, 0.1) is 7.11 Å². The van der Waals surface area contributed by atoms with E-state index in [1.807, 2.05) is 37.4 Å². The maximum absolute atomic E-state index is 13.7. The topological polar surface area (TPSA) is 60.3 Å². The Morgan fingerprint density at radius 1 is 1.17 bits per heavy atom. The highest BCUT2D eigenvalue weighted by atomic mass is 19.1. The first-order chi connectivity index (χ1) is 14.0. The van der Waals surface area contributed by atoms with Crippen LogP contribution < -0.4 is 5.32 Å². The maximum atomic E-state index is 13.7. The van der Waals surface area contributed by atoms with Gasteiger partial charge in [-0.15, -0.1) is 0 Å². The van der Waals surface area contributed by atoms with Crippen LogP contribution in [0.2, 0.25) is 0 Å². The summed E-state index contributed by atoms with van der Waals surface area (Å²) in [6.07, 6.45) is 4.87. The van der Waals surface area contributed by atoms with E-state index in [-0.39, 0.29) is 0 Å². The van der Waals surface area contributed by atoms with Gasteiger partial charge in [-0.25, -0.2) is 9.18 Å². The quantitative estimate of drug-likeness (QED) is 0.491. The van der Waals surface area contributed by atoms with Crippen molar-refractivity contribution < 1.29 is 18.7 Å². The third kappa shape index (κ3) is 4.71. The molecule has 1 N–H and O–H groups in total. The Kier molecular flexibility index (Phi) is 6.44. The number of carbonyl (C=O) groups excluding carboxylic acids is 2. The molecule has 3 rings (SSSR count). The number of benzene rings is 2. The van der Waals surface area contributed by atoms with Crippen molar-refractivity contribution in [3.8, 4) is 0 Å². The highest BCUT2D eigenvalue weighted by molar-refractivity contribution is 5.95. The number of nitrogens with one attached hydrogen (secondary N) is 1. The van der Waals surface area contributed by atoms with Gasteiger partial charge in [-0.3, -0.25) is 4.79 Å². The smallest absolute Gasteiger partial charge is 0.328 e. The fourth-order valence-electron chi connectivity index (χ4n) is 3.30. The van der Waals surface area contributed by atoms with Crippen LogP contribution in [0.3, 0.4) is 0 Å². The second kappa shape index (κ2) is 9.19. The van der Waals surface area contributed by atoms with Crippen LogP contribution in [0.15, 0.2) is 60.8 Å². The summed E-state index contributed by atoms with van der Waals surface area (Å²) < 4.78 is 20.7. The molecule has 0 spiro atoms. The molecule has 1 heterocycles. The first-order valence-corrected chi connectivity index (χ1v) is 9.41. The predicted octanol–water partition coefficient (Wildman–Crippen LogP) is 3.71. The third-order valence-corrected chi connectivity index (χ3v) is 4.76. The molecule has 0 aliphatic rings. The van der Waals surface area contributed by atoms with Crippen molar-refractivity contribution in [2.24, 2.45) is 0 Å². The number of methoxy groups -OCH3 is 1. The number of amides is 1. The lowest BCUT2D eigenvalue weighted by Gasteiger charge is -2.15. The van der Waals surface area contributed by atoms with Gasteiger partial charge in [0.2, 0.25) is 5.91 Å². The molecular formula is C23H23FN2O3. The molecule has 0 radical (unpaired) electrons. The van der Waals surface area contributed by atoms with Crippen LogP contribution in [-0.4, -0.2) is 29.6 Å². The highest BCUT2D eigenvalue weighted by Gasteiger charge is 2.23. The van der Waals surface area contributed by atoms with E-state index in [1.165, 1.54) is 25.3 Å². The number of fused-ring (bicyclic) bond motifs is 1. The summed E-state index contributed by atoms with van der Waals surface area (Å²) in [5, 5.41) is 3.69. The molecule has 150 valence electrons. The van der Waals surface area contributed by atoms with E-state index in [0.29, 0.717) is 12.0 Å². The zero-order chi connectivity index (χ0) is 20.8. The standard InChI is InChI=1S/C23H23FN2O3/c1-3-26-15-17(18-9-5-7-11-21(18)26)14-20(23(28)29-2)25-22(27)13-12-16-8-4-6-10-19(16)24/h4-13,15,20H,3,14H2,1-2H3,(H,25,27)/t20-/m0/s1. The van der Waals surface area contributed by atoms with E-state index in [2.05, 4.69) is 9.88 Å². The molecule has 1 atom stereocenters. The normalized spacial score (nSPS) is 12.2. The Hall–Kier alpha value is -3.41. The van der Waals surface area contributed by atoms with Gasteiger partial charge < -0.3 is 14.6 Å². The highest BCUT2D eigenvalue weighted by Crippen LogP contribution is 2.23. The minimum absolute atomic E-state index is 0.291. The fourth-order valence-corrected chi connectivity index (χ4v) is 3.30. The molecule has 0 aliphatic heterocycles. The Bertz CT molecular complexity index is 1060. The minimum atomic E-state index is -0.853. The van der Waals surface area contributed by atoms with Gasteiger partial charge in [-0.05, 0) is 30.7 Å². The summed E-state index contributed by atoms with van der Waals surface area (Å²) >= 11 is 0. The molecule has 3 aromatic rings. The molecule has 0 bridgehead atoms. The Morgan fingerprint density at radius 2 is 1.90 bits per heavy atom. The minimum Gasteiger partial charge on any atom is -0.467 e. The summed E-state index contributed by atoms with van der Waals surface area (Å²) in [6.45, 7) is 2.84. The number of halogens is 1. The van der Waals surface area contributed by atoms with Crippen LogP contribution in [0, 0.1) is 5.82 Å². The summed E-state index contributed by atoms with van der Waals surface area (Å²) in [4.78, 5) is 24.6. The van der Waals surface area contributed by atoms with E-state index < -0.39 is 23.7 Å². The molecule has 1 amide bonds. The summed E-state index contributed by atoms with van der Waals surface area (Å²) in [5.74, 6) is -1.46. The van der Waals surface area contributed by atoms with E-state index in [9.17, 15) is 14.0 Å². The van der Waals surface area contributed by atoms with E-state index in [4.69, 9.17) is 4.74 Å². The van der Waals surface area contributed by atoms with Crippen molar-refractivity contribution in [2.45, 2.75) is 25.9 Å². The van der Waals surface area contributed by atoms with Crippen molar-refractivity contribution in [1.82, 2.24) is 9.88 Å². The molecule has 6 heteroatoms. The number of para-hydroxylation sites is 1. The van der Waals surface area contributed by atoms with E-state index in [0.717, 1.165) is 23.0 Å². The summed E-state index contributed by atoms with van der Waals surface area (Å²) in [6, 6.07) is 13.2. The van der Waals surface area contributed by atoms with Gasteiger partial charge >= 0.3 is 5.97 Å². The first kappa shape index (κ1) is 20.3. The lowest BCUT2D eigenvalue weighted by molar-refractivity contribution is -0.144. The average molecular weight is 394 g/mol. The van der Waals surface area contributed by atoms with Crippen LogP contribution in [0.5, 0.6) is 0 Å². The number of aryl methyl sites for hydroxylation is 1. The molecule has 0 saturated carbocycles. The molecular weight excluding hydrogens is 371 g/mol. The zero-order valence-electron chi connectivity index (χ0n) is 16.4. The predicted molar refractivity (Wildman–Crippen MR) is 111 cm³/mol. The van der Waals surface area contributed by atoms with Crippen LogP contribution >= 0.6 is 0 Å². The largest absolute Gasteiger partial charge is 0.467 e. The van der Waals surface area contributed by atoms with Crippen molar-refractivity contribution >= 4 is 28.9 Å². The lowest BCUT2D eigenvalue weighted by atomic mass is 10.0. The number of esters is 1. The number of hydrogen-bond acceptors (Lipinski definition) is 3. The Labute approximate surface area is 168 Å². The SMILES string of the molecule is CCn1cc(C[C@H](NC(=O)C=Cc2ccccc2F)C(=O)OC)c2ccccc21. The monoisotopic (exact) mass is 394 g/mol. The third-order valence-electron chi connectivity index (χ3n) is 4.76. The molecule has 0 unspecified atom stereocenters. The van der Waals surface area contributed by atoms with Crippen molar-refractivity contribution in [2.75, 3.05) is 7.11 Å². The molecule has 0 fully saturated rings. The number of aromatic nitrogens is 1. The second-order valence-corrected chi connectivity index (χ2v) is 6.60. The van der Waals surface area contributed by atoms with Crippen molar-refractivity contribution in [1.29, 1.82) is 0 Å². The summed E-state index contributed by atoms with van der Waals surface area (Å²) in [7, 11) is 1.28. The molecule has 2 aromatic carbocycles. The van der Waals surface area contributed by atoms with Crippen molar-refractivity contribution in [3.63, 3.8) is 0 Å². The second-order valence-electron chi connectivity index (χ2n) is 6.60. The van der Waals surface area contributed by atoms with Gasteiger partial charge in [-0.1, -0.05) is 36.4 Å². The van der Waals surface area contributed by atoms with Crippen LogP contribution in [0.4, 0.5) is 4.39 Å². The van der Waals surface area contributed by atoms with Crippen molar-refractivity contribution in [3.05, 3.63) is 77.7 Å². The first-order valence-electron chi connectivity index (χ1n) is 9.41. The maximum Gasteiger partial charge on any atom is 0.328 e. The molecule has 29 heavy (non-hydrogen) atoms. The molecule has 1 aromatic heterocycles. The van der Waals surface area contributed by atoms with Crippen LogP contribution in [-0.2, 0) is 27.3 Å². The van der Waals surface area contributed by atoms with Gasteiger partial charge in [-0.2, -0.15) is 0 Å². The number of hydrogen-bond donors (Lipinski definition) is 1. The molecule has 5 nitrogen and oxygen atoms in total. The van der Waals surface area contributed by atoms with E-state index in [1.54, 1.807) is 18.2 Å². The fraction of sp³-hybridized carbons (Fsp3) is 0.217.